The first-order valence-electron chi connectivity index (χ1n) is 5.54. The quantitative estimate of drug-likeness (QED) is 0.661. The fourth-order valence-corrected chi connectivity index (χ4v) is 4.04. The molecule has 1 heterocycles. The first-order chi connectivity index (χ1) is 8.25. The number of hydrogen-bond donors (Lipinski definition) is 1. The molecule has 0 bridgehead atoms. The van der Waals surface area contributed by atoms with Crippen LogP contribution in [0.25, 0.3) is 0 Å². The molecular formula is C12H15BrN2S2. The van der Waals surface area contributed by atoms with E-state index in [0.717, 1.165) is 29.8 Å². The molecule has 0 amide bonds. The van der Waals surface area contributed by atoms with E-state index in [1.807, 2.05) is 17.8 Å². The van der Waals surface area contributed by atoms with Gasteiger partial charge in [-0.15, -0.1) is 11.8 Å². The van der Waals surface area contributed by atoms with Crippen molar-refractivity contribution >= 4 is 44.6 Å². The Kier molecular flexibility index (Phi) is 5.25. The summed E-state index contributed by atoms with van der Waals surface area (Å²) in [6.45, 7) is 1.95. The zero-order chi connectivity index (χ0) is 12.1. The number of alkyl halides is 1. The van der Waals surface area contributed by atoms with E-state index in [2.05, 4.69) is 45.1 Å². The number of nitrogens with one attached hydrogen (secondary N) is 1. The molecule has 17 heavy (non-hydrogen) atoms. The molecule has 0 aromatic heterocycles. The van der Waals surface area contributed by atoms with Crippen molar-refractivity contribution in [2.45, 2.75) is 9.72 Å². The van der Waals surface area contributed by atoms with Crippen LogP contribution in [0.3, 0.4) is 0 Å². The predicted molar refractivity (Wildman–Crippen MR) is 81.6 cm³/mol. The van der Waals surface area contributed by atoms with Gasteiger partial charge >= 0.3 is 0 Å². The summed E-state index contributed by atoms with van der Waals surface area (Å²) in [7, 11) is 0. The van der Waals surface area contributed by atoms with E-state index in [4.69, 9.17) is 5.41 Å². The molecule has 1 aromatic rings. The van der Waals surface area contributed by atoms with Gasteiger partial charge in [0.25, 0.3) is 0 Å². The van der Waals surface area contributed by atoms with Gasteiger partial charge in [0, 0.05) is 34.3 Å². The minimum absolute atomic E-state index is 0.437. The van der Waals surface area contributed by atoms with Crippen LogP contribution >= 0.6 is 39.5 Å². The van der Waals surface area contributed by atoms with E-state index in [0.29, 0.717) is 4.83 Å². The highest BCUT2D eigenvalue weighted by Crippen LogP contribution is 2.23. The minimum atomic E-state index is 0.437. The summed E-state index contributed by atoms with van der Waals surface area (Å²) in [5.41, 5.74) is 0. The highest BCUT2D eigenvalue weighted by atomic mass is 79.9. The molecule has 1 saturated heterocycles. The standard InChI is InChI=1S/C12H15BrN2S2/c13-10(8-15-6-7-16-12(15)14)9-17-11-4-2-1-3-5-11/h1-5,10,14H,6-9H2. The lowest BCUT2D eigenvalue weighted by atomic mass is 10.4. The summed E-state index contributed by atoms with van der Waals surface area (Å²) >= 11 is 7.21. The van der Waals surface area contributed by atoms with E-state index in [9.17, 15) is 0 Å². The molecule has 0 saturated carbocycles. The average molecular weight is 331 g/mol. The third-order valence-electron chi connectivity index (χ3n) is 2.48. The molecule has 2 nitrogen and oxygen atoms in total. The molecule has 92 valence electrons. The maximum Gasteiger partial charge on any atom is 0.156 e. The first kappa shape index (κ1) is 13.3. The van der Waals surface area contributed by atoms with E-state index in [1.165, 1.54) is 4.90 Å². The summed E-state index contributed by atoms with van der Waals surface area (Å²) in [6, 6.07) is 10.4. The number of amidine groups is 1. The molecule has 1 atom stereocenters. The van der Waals surface area contributed by atoms with Crippen LogP contribution in [-0.2, 0) is 0 Å². The second kappa shape index (κ2) is 6.71. The van der Waals surface area contributed by atoms with Crippen LogP contribution in [-0.4, -0.2) is 39.5 Å². The number of rotatable bonds is 5. The van der Waals surface area contributed by atoms with Crippen LogP contribution in [0.5, 0.6) is 0 Å². The molecule has 1 aliphatic rings. The van der Waals surface area contributed by atoms with Gasteiger partial charge in [-0.05, 0) is 12.1 Å². The molecule has 5 heteroatoms. The number of benzene rings is 1. The molecule has 0 radical (unpaired) electrons. The van der Waals surface area contributed by atoms with Gasteiger partial charge in [0.2, 0.25) is 0 Å². The Labute approximate surface area is 119 Å². The molecule has 1 aromatic carbocycles. The fourth-order valence-electron chi connectivity index (χ4n) is 1.61. The third-order valence-corrected chi connectivity index (χ3v) is 5.61. The molecule has 1 N–H and O–H groups in total. The van der Waals surface area contributed by atoms with Crippen molar-refractivity contribution in [2.75, 3.05) is 24.6 Å². The van der Waals surface area contributed by atoms with Crippen LogP contribution in [0.1, 0.15) is 0 Å². The van der Waals surface area contributed by atoms with Crippen LogP contribution in [0, 0.1) is 5.41 Å². The molecule has 1 fully saturated rings. The molecular weight excluding hydrogens is 316 g/mol. The van der Waals surface area contributed by atoms with Gasteiger partial charge in [-0.3, -0.25) is 5.41 Å². The maximum atomic E-state index is 7.76. The number of halogens is 1. The summed E-state index contributed by atoms with van der Waals surface area (Å²) in [4.78, 5) is 3.89. The Balaban J connectivity index is 1.74. The monoisotopic (exact) mass is 330 g/mol. The van der Waals surface area contributed by atoms with Gasteiger partial charge in [0.15, 0.2) is 5.17 Å². The summed E-state index contributed by atoms with van der Waals surface area (Å²) in [5.74, 6) is 2.10. The molecule has 1 unspecified atom stereocenters. The van der Waals surface area contributed by atoms with E-state index in [-0.39, 0.29) is 0 Å². The summed E-state index contributed by atoms with van der Waals surface area (Å²) in [6.07, 6.45) is 0. The van der Waals surface area contributed by atoms with E-state index in [1.54, 1.807) is 11.8 Å². The normalized spacial score (nSPS) is 17.5. The lowest BCUT2D eigenvalue weighted by molar-refractivity contribution is 0.467. The van der Waals surface area contributed by atoms with Gasteiger partial charge in [-0.2, -0.15) is 0 Å². The van der Waals surface area contributed by atoms with Crippen molar-refractivity contribution in [1.29, 1.82) is 5.41 Å². The Morgan fingerprint density at radius 1 is 1.41 bits per heavy atom. The molecule has 0 aliphatic carbocycles. The van der Waals surface area contributed by atoms with Crippen molar-refractivity contribution in [3.05, 3.63) is 30.3 Å². The second-order valence-corrected chi connectivity index (χ2v) is 7.29. The van der Waals surface area contributed by atoms with Crippen molar-refractivity contribution in [3.8, 4) is 0 Å². The largest absolute Gasteiger partial charge is 0.350 e. The summed E-state index contributed by atoms with van der Waals surface area (Å²) in [5, 5.41) is 8.48. The van der Waals surface area contributed by atoms with Crippen LogP contribution in [0.4, 0.5) is 0 Å². The van der Waals surface area contributed by atoms with E-state index < -0.39 is 0 Å². The Bertz CT molecular complexity index is 372. The lowest BCUT2D eigenvalue weighted by Gasteiger charge is -2.20. The number of thioether (sulfide) groups is 2. The van der Waals surface area contributed by atoms with Crippen molar-refractivity contribution in [2.24, 2.45) is 0 Å². The number of hydrogen-bond acceptors (Lipinski definition) is 3. The van der Waals surface area contributed by atoms with E-state index >= 15 is 0 Å². The lowest BCUT2D eigenvalue weighted by Crippen LogP contribution is -2.31. The van der Waals surface area contributed by atoms with Crippen LogP contribution in [0.15, 0.2) is 35.2 Å². The number of nitrogens with zero attached hydrogens (tertiary/aromatic N) is 1. The highest BCUT2D eigenvalue weighted by molar-refractivity contribution is 9.09. The minimum Gasteiger partial charge on any atom is -0.350 e. The summed E-state index contributed by atoms with van der Waals surface area (Å²) < 4.78 is 0. The van der Waals surface area contributed by atoms with Gasteiger partial charge < -0.3 is 4.90 Å². The Morgan fingerprint density at radius 2 is 2.18 bits per heavy atom. The van der Waals surface area contributed by atoms with Crippen LogP contribution < -0.4 is 0 Å². The Hall–Kier alpha value is -0.130. The topological polar surface area (TPSA) is 27.1 Å². The van der Waals surface area contributed by atoms with Gasteiger partial charge in [0.1, 0.15) is 0 Å². The van der Waals surface area contributed by atoms with Crippen molar-refractivity contribution < 1.29 is 0 Å². The predicted octanol–water partition coefficient (Wildman–Crippen LogP) is 3.53. The van der Waals surface area contributed by atoms with Gasteiger partial charge in [0.05, 0.1) is 0 Å². The average Bonchev–Trinajstić information content (AvgIpc) is 2.74. The van der Waals surface area contributed by atoms with Crippen molar-refractivity contribution in [1.82, 2.24) is 4.90 Å². The zero-order valence-corrected chi connectivity index (χ0v) is 12.7. The fraction of sp³-hybridized carbons (Fsp3) is 0.417. The van der Waals surface area contributed by atoms with Crippen molar-refractivity contribution in [3.63, 3.8) is 0 Å². The molecule has 0 spiro atoms. The highest BCUT2D eigenvalue weighted by Gasteiger charge is 2.20. The van der Waals surface area contributed by atoms with Crippen LogP contribution in [0.2, 0.25) is 0 Å². The third kappa shape index (κ3) is 4.23. The maximum absolute atomic E-state index is 7.76. The molecule has 1 aliphatic heterocycles. The van der Waals surface area contributed by atoms with Gasteiger partial charge in [-0.1, -0.05) is 45.9 Å². The molecule has 2 rings (SSSR count). The van der Waals surface area contributed by atoms with Gasteiger partial charge in [-0.25, -0.2) is 0 Å². The second-order valence-electron chi connectivity index (χ2n) is 3.82. The SMILES string of the molecule is N=C1SCCN1CC(Br)CSc1ccccc1. The zero-order valence-electron chi connectivity index (χ0n) is 9.43. The smallest absolute Gasteiger partial charge is 0.156 e. The first-order valence-corrected chi connectivity index (χ1v) is 8.42. The Morgan fingerprint density at radius 3 is 2.82 bits per heavy atom.